The topological polar surface area (TPSA) is 60.2 Å². The number of anilines is 1. The molecule has 0 aliphatic carbocycles. The SMILES string of the molecule is CCN(CC)CCC[C@@H](C)NC(=O)Nc1c[nH]c2ccccc12. The number of nitrogens with one attached hydrogen (secondary N) is 3. The summed E-state index contributed by atoms with van der Waals surface area (Å²) in [4.78, 5) is 17.7. The Morgan fingerprint density at radius 2 is 2.00 bits per heavy atom. The van der Waals surface area contributed by atoms with Crippen LogP contribution < -0.4 is 10.6 Å². The Bertz CT molecular complexity index is 618. The number of carbonyl (C=O) groups is 1. The number of aromatic amines is 1. The molecule has 0 radical (unpaired) electrons. The van der Waals surface area contributed by atoms with E-state index >= 15 is 0 Å². The van der Waals surface area contributed by atoms with Gasteiger partial charge in [0.2, 0.25) is 0 Å². The zero-order chi connectivity index (χ0) is 16.7. The number of carbonyl (C=O) groups excluding carboxylic acids is 1. The molecule has 2 rings (SSSR count). The maximum absolute atomic E-state index is 12.1. The van der Waals surface area contributed by atoms with Crippen molar-refractivity contribution in [2.75, 3.05) is 25.0 Å². The van der Waals surface area contributed by atoms with Crippen LogP contribution in [0.1, 0.15) is 33.6 Å². The number of para-hydroxylation sites is 1. The summed E-state index contributed by atoms with van der Waals surface area (Å²) >= 11 is 0. The van der Waals surface area contributed by atoms with Gasteiger partial charge in [-0.15, -0.1) is 0 Å². The molecule has 1 aromatic heterocycles. The molecule has 1 aromatic carbocycles. The number of hydrogen-bond acceptors (Lipinski definition) is 2. The number of H-pyrrole nitrogens is 1. The lowest BCUT2D eigenvalue weighted by atomic mass is 10.2. The minimum Gasteiger partial charge on any atom is -0.359 e. The van der Waals surface area contributed by atoms with E-state index in [1.807, 2.05) is 30.5 Å². The second kappa shape index (κ2) is 8.58. The lowest BCUT2D eigenvalue weighted by Gasteiger charge is -2.19. The molecule has 23 heavy (non-hydrogen) atoms. The molecule has 0 fully saturated rings. The van der Waals surface area contributed by atoms with Gasteiger partial charge in [-0.2, -0.15) is 0 Å². The summed E-state index contributed by atoms with van der Waals surface area (Å²) in [5, 5.41) is 6.96. The smallest absolute Gasteiger partial charge is 0.319 e. The molecule has 1 heterocycles. The third-order valence-corrected chi connectivity index (χ3v) is 4.22. The highest BCUT2D eigenvalue weighted by Crippen LogP contribution is 2.22. The van der Waals surface area contributed by atoms with E-state index in [9.17, 15) is 4.79 Å². The summed E-state index contributed by atoms with van der Waals surface area (Å²) in [5.41, 5.74) is 1.84. The third kappa shape index (κ3) is 4.99. The minimum atomic E-state index is -0.148. The predicted octanol–water partition coefficient (Wildman–Crippen LogP) is 3.80. The van der Waals surface area contributed by atoms with Gasteiger partial charge in [0.1, 0.15) is 0 Å². The molecule has 1 atom stereocenters. The van der Waals surface area contributed by atoms with Crippen LogP contribution in [0.4, 0.5) is 10.5 Å². The zero-order valence-electron chi connectivity index (χ0n) is 14.4. The quantitative estimate of drug-likeness (QED) is 0.694. The van der Waals surface area contributed by atoms with E-state index in [1.54, 1.807) is 0 Å². The predicted molar refractivity (Wildman–Crippen MR) is 96.9 cm³/mol. The first kappa shape index (κ1) is 17.3. The molecule has 0 saturated carbocycles. The number of amides is 2. The van der Waals surface area contributed by atoms with Gasteiger partial charge in [-0.3, -0.25) is 0 Å². The highest BCUT2D eigenvalue weighted by molar-refractivity contribution is 6.00. The first-order valence-electron chi connectivity index (χ1n) is 8.50. The van der Waals surface area contributed by atoms with Crippen LogP contribution >= 0.6 is 0 Å². The summed E-state index contributed by atoms with van der Waals surface area (Å²) in [6.07, 6.45) is 3.91. The fourth-order valence-electron chi connectivity index (χ4n) is 2.79. The molecule has 2 aromatic rings. The lowest BCUT2D eigenvalue weighted by molar-refractivity contribution is 0.247. The summed E-state index contributed by atoms with van der Waals surface area (Å²) in [6.45, 7) is 9.67. The Morgan fingerprint density at radius 3 is 2.74 bits per heavy atom. The Morgan fingerprint density at radius 1 is 1.26 bits per heavy atom. The molecule has 126 valence electrons. The number of fused-ring (bicyclic) bond motifs is 1. The standard InChI is InChI=1S/C18H28N4O/c1-4-22(5-2)12-8-9-14(3)20-18(23)21-17-13-19-16-11-7-6-10-15(16)17/h6-7,10-11,13-14,19H,4-5,8-9,12H2,1-3H3,(H2,20,21,23)/t14-/m1/s1. The summed E-state index contributed by atoms with van der Waals surface area (Å²) < 4.78 is 0. The van der Waals surface area contributed by atoms with Gasteiger partial charge in [0, 0.05) is 23.1 Å². The average Bonchev–Trinajstić information content (AvgIpc) is 2.94. The van der Waals surface area contributed by atoms with Crippen molar-refractivity contribution >= 4 is 22.6 Å². The van der Waals surface area contributed by atoms with E-state index in [0.717, 1.165) is 49.1 Å². The van der Waals surface area contributed by atoms with Crippen molar-refractivity contribution in [3.8, 4) is 0 Å². The van der Waals surface area contributed by atoms with Crippen LogP contribution in [-0.4, -0.2) is 41.6 Å². The van der Waals surface area contributed by atoms with Crippen molar-refractivity contribution in [1.29, 1.82) is 0 Å². The molecule has 3 N–H and O–H groups in total. The Labute approximate surface area is 138 Å². The normalized spacial score (nSPS) is 12.5. The number of hydrogen-bond donors (Lipinski definition) is 3. The Hall–Kier alpha value is -2.01. The molecule has 0 spiro atoms. The lowest BCUT2D eigenvalue weighted by Crippen LogP contribution is -2.36. The van der Waals surface area contributed by atoms with Gasteiger partial charge >= 0.3 is 6.03 Å². The van der Waals surface area contributed by atoms with Crippen molar-refractivity contribution in [3.63, 3.8) is 0 Å². The van der Waals surface area contributed by atoms with E-state index < -0.39 is 0 Å². The van der Waals surface area contributed by atoms with Crippen LogP contribution in [0, 0.1) is 0 Å². The maximum atomic E-state index is 12.1. The summed E-state index contributed by atoms with van der Waals surface area (Å²) in [6, 6.07) is 7.94. The van der Waals surface area contributed by atoms with Gasteiger partial charge in [-0.05, 0) is 45.5 Å². The van der Waals surface area contributed by atoms with Crippen LogP contribution in [0.2, 0.25) is 0 Å². The number of aromatic nitrogens is 1. The molecule has 0 aliphatic rings. The van der Waals surface area contributed by atoms with Crippen LogP contribution in [0.15, 0.2) is 30.5 Å². The van der Waals surface area contributed by atoms with E-state index in [1.165, 1.54) is 0 Å². The van der Waals surface area contributed by atoms with Crippen LogP contribution in [-0.2, 0) is 0 Å². The molecule has 5 nitrogen and oxygen atoms in total. The van der Waals surface area contributed by atoms with Crippen LogP contribution in [0.25, 0.3) is 10.9 Å². The van der Waals surface area contributed by atoms with Gasteiger partial charge in [-0.1, -0.05) is 32.0 Å². The van der Waals surface area contributed by atoms with Crippen LogP contribution in [0.3, 0.4) is 0 Å². The highest BCUT2D eigenvalue weighted by Gasteiger charge is 2.10. The van der Waals surface area contributed by atoms with E-state index in [-0.39, 0.29) is 12.1 Å². The van der Waals surface area contributed by atoms with Crippen LogP contribution in [0.5, 0.6) is 0 Å². The highest BCUT2D eigenvalue weighted by atomic mass is 16.2. The average molecular weight is 316 g/mol. The maximum Gasteiger partial charge on any atom is 0.319 e. The molecule has 2 amide bonds. The second-order valence-corrected chi connectivity index (χ2v) is 5.92. The van der Waals surface area contributed by atoms with Gasteiger partial charge < -0.3 is 20.5 Å². The number of rotatable bonds is 8. The van der Waals surface area contributed by atoms with Gasteiger partial charge in [-0.25, -0.2) is 4.79 Å². The van der Waals surface area contributed by atoms with E-state index in [0.29, 0.717) is 0 Å². The summed E-state index contributed by atoms with van der Waals surface area (Å²) in [7, 11) is 0. The van der Waals surface area contributed by atoms with Crippen molar-refractivity contribution in [2.45, 2.75) is 39.7 Å². The van der Waals surface area contributed by atoms with Crippen molar-refractivity contribution < 1.29 is 4.79 Å². The number of urea groups is 1. The molecule has 0 unspecified atom stereocenters. The molecule has 0 aliphatic heterocycles. The van der Waals surface area contributed by atoms with Gasteiger partial charge in [0.25, 0.3) is 0 Å². The number of benzene rings is 1. The van der Waals surface area contributed by atoms with E-state index in [4.69, 9.17) is 0 Å². The first-order valence-corrected chi connectivity index (χ1v) is 8.50. The fraction of sp³-hybridized carbons (Fsp3) is 0.500. The second-order valence-electron chi connectivity index (χ2n) is 5.92. The molecule has 0 saturated heterocycles. The van der Waals surface area contributed by atoms with Gasteiger partial charge in [0.05, 0.1) is 5.69 Å². The van der Waals surface area contributed by atoms with Crippen molar-refractivity contribution in [1.82, 2.24) is 15.2 Å². The molecule has 5 heteroatoms. The molecular weight excluding hydrogens is 288 g/mol. The number of nitrogens with zero attached hydrogens (tertiary/aromatic N) is 1. The monoisotopic (exact) mass is 316 g/mol. The fourth-order valence-corrected chi connectivity index (χ4v) is 2.79. The van der Waals surface area contributed by atoms with E-state index in [2.05, 4.69) is 41.3 Å². The zero-order valence-corrected chi connectivity index (χ0v) is 14.4. The molecule has 0 bridgehead atoms. The Kier molecular flexibility index (Phi) is 6.47. The molecular formula is C18H28N4O. The van der Waals surface area contributed by atoms with Crippen molar-refractivity contribution in [2.24, 2.45) is 0 Å². The third-order valence-electron chi connectivity index (χ3n) is 4.22. The summed E-state index contributed by atoms with van der Waals surface area (Å²) in [5.74, 6) is 0. The largest absolute Gasteiger partial charge is 0.359 e. The van der Waals surface area contributed by atoms with Gasteiger partial charge in [0.15, 0.2) is 0 Å². The Balaban J connectivity index is 1.78. The first-order chi connectivity index (χ1) is 11.1. The minimum absolute atomic E-state index is 0.148. The van der Waals surface area contributed by atoms with Crippen molar-refractivity contribution in [3.05, 3.63) is 30.5 Å².